The lowest BCUT2D eigenvalue weighted by Gasteiger charge is -2.08. The number of pyridine rings is 2. The minimum Gasteiger partial charge on any atom is -0.504 e. The Labute approximate surface area is 315 Å². The monoisotopic (exact) mass is 842 g/mol. The maximum absolute atomic E-state index is 12.4. The van der Waals surface area contributed by atoms with Crippen LogP contribution >= 0.6 is 0 Å². The third kappa shape index (κ3) is 8.26. The van der Waals surface area contributed by atoms with Gasteiger partial charge in [0.15, 0.2) is 11.5 Å². The highest BCUT2D eigenvalue weighted by Crippen LogP contribution is 2.40. The molecular formula is C32H22N6O14S4. The predicted molar refractivity (Wildman–Crippen MR) is 196 cm³/mol. The van der Waals surface area contributed by atoms with Crippen LogP contribution in [0.2, 0.25) is 0 Å². The maximum atomic E-state index is 12.4. The van der Waals surface area contributed by atoms with Crippen LogP contribution in [0.5, 0.6) is 11.5 Å². The van der Waals surface area contributed by atoms with E-state index in [0.717, 1.165) is 48.6 Å². The SMILES string of the molecule is O=S(=O)(O)c1cc(/N=N/c2cc(S(=O)(=O)O)c3cccnc3c2O)ccc1/C=C/c1ccc(/N=N/c2cc(S(=O)(=O)O)c3cccnc3c2O)cc1S(=O)(=O)O. The standard InChI is InChI=1S/C32H22N6O14S4/c39-31-23(15-27(55(47,48)49)21-3-1-11-33-29(21)31)37-35-19-9-7-17(25(13-19)53(41,42)43)5-6-18-8-10-20(14-26(18)54(44,45)46)36-38-24-16-28(56(50,51)52)22-4-2-12-34-30(22)32(24)40/h1-16,39-40H,(H,41,42,43)(H,44,45,46)(H,47,48,49)(H,50,51,52)/b6-5+,37-35+,38-36+. The summed E-state index contributed by atoms with van der Waals surface area (Å²) in [6.45, 7) is 0. The lowest BCUT2D eigenvalue weighted by atomic mass is 10.1. The number of fused-ring (bicyclic) bond motifs is 2. The Morgan fingerprint density at radius 2 is 0.821 bits per heavy atom. The van der Waals surface area contributed by atoms with Gasteiger partial charge in [-0.25, -0.2) is 0 Å². The summed E-state index contributed by atoms with van der Waals surface area (Å²) in [5.41, 5.74) is -2.37. The smallest absolute Gasteiger partial charge is 0.295 e. The van der Waals surface area contributed by atoms with Crippen molar-refractivity contribution in [3.63, 3.8) is 0 Å². The second kappa shape index (κ2) is 14.5. The molecule has 0 radical (unpaired) electrons. The molecule has 20 nitrogen and oxygen atoms in total. The van der Waals surface area contributed by atoms with Crippen molar-refractivity contribution in [1.29, 1.82) is 0 Å². The summed E-state index contributed by atoms with van der Waals surface area (Å²) in [5, 5.41) is 36.1. The quantitative estimate of drug-likeness (QED) is 0.0509. The minimum atomic E-state index is -5.01. The molecule has 56 heavy (non-hydrogen) atoms. The zero-order chi connectivity index (χ0) is 40.8. The fourth-order valence-corrected chi connectivity index (χ4v) is 8.06. The van der Waals surface area contributed by atoms with Crippen LogP contribution in [-0.2, 0) is 40.5 Å². The van der Waals surface area contributed by atoms with Gasteiger partial charge in [-0.2, -0.15) is 43.9 Å². The van der Waals surface area contributed by atoms with E-state index in [0.29, 0.717) is 0 Å². The van der Waals surface area contributed by atoms with Gasteiger partial charge >= 0.3 is 0 Å². The van der Waals surface area contributed by atoms with Crippen molar-refractivity contribution in [2.45, 2.75) is 19.6 Å². The summed E-state index contributed by atoms with van der Waals surface area (Å²) >= 11 is 0. The normalized spacial score (nSPS) is 13.1. The second-order valence-electron chi connectivity index (χ2n) is 11.4. The Morgan fingerprint density at radius 3 is 1.16 bits per heavy atom. The molecule has 0 saturated carbocycles. The molecule has 0 amide bonds. The third-order valence-electron chi connectivity index (χ3n) is 7.71. The van der Waals surface area contributed by atoms with E-state index in [1.807, 2.05) is 0 Å². The fraction of sp³-hybridized carbons (Fsp3) is 0. The highest BCUT2D eigenvalue weighted by Gasteiger charge is 2.23. The number of nitrogens with zero attached hydrogens (tertiary/aromatic N) is 6. The number of hydrogen-bond acceptors (Lipinski definition) is 16. The number of rotatable bonds is 10. The minimum absolute atomic E-state index is 0.122. The van der Waals surface area contributed by atoms with Gasteiger partial charge in [-0.05, 0) is 71.8 Å². The van der Waals surface area contributed by atoms with Crippen LogP contribution in [0.3, 0.4) is 0 Å². The van der Waals surface area contributed by atoms with E-state index in [9.17, 15) is 62.1 Å². The van der Waals surface area contributed by atoms with Gasteiger partial charge in [0.1, 0.15) is 42.0 Å². The lowest BCUT2D eigenvalue weighted by Crippen LogP contribution is -2.01. The molecule has 4 aromatic carbocycles. The molecule has 0 bridgehead atoms. The molecule has 2 aromatic heterocycles. The van der Waals surface area contributed by atoms with E-state index >= 15 is 0 Å². The number of benzene rings is 4. The van der Waals surface area contributed by atoms with Crippen LogP contribution in [0, 0.1) is 0 Å². The van der Waals surface area contributed by atoms with Gasteiger partial charge in [0.25, 0.3) is 40.5 Å². The fourth-order valence-electron chi connectivity index (χ4n) is 5.24. The maximum Gasteiger partial charge on any atom is 0.295 e. The molecule has 0 saturated heterocycles. The summed E-state index contributed by atoms with van der Waals surface area (Å²) in [7, 11) is -19.7. The molecule has 0 aliphatic rings. The predicted octanol–water partition coefficient (Wildman–Crippen LogP) is 6.18. The number of phenols is 2. The Bertz CT molecular complexity index is 2960. The molecule has 288 valence electrons. The van der Waals surface area contributed by atoms with Gasteiger partial charge in [-0.15, -0.1) is 10.2 Å². The van der Waals surface area contributed by atoms with Gasteiger partial charge in [-0.1, -0.05) is 24.3 Å². The molecule has 0 spiro atoms. The van der Waals surface area contributed by atoms with Crippen LogP contribution in [0.15, 0.2) is 125 Å². The molecular weight excluding hydrogens is 821 g/mol. The Kier molecular flexibility index (Phi) is 10.3. The molecule has 6 aromatic rings. The van der Waals surface area contributed by atoms with Gasteiger partial charge in [0.05, 0.1) is 11.4 Å². The lowest BCUT2D eigenvalue weighted by molar-refractivity contribution is 0.476. The van der Waals surface area contributed by atoms with Crippen molar-refractivity contribution in [1.82, 2.24) is 9.97 Å². The highest BCUT2D eigenvalue weighted by molar-refractivity contribution is 7.86. The first kappa shape index (κ1) is 39.6. The van der Waals surface area contributed by atoms with E-state index in [4.69, 9.17) is 0 Å². The van der Waals surface area contributed by atoms with Crippen molar-refractivity contribution in [2.24, 2.45) is 20.5 Å². The molecule has 6 rings (SSSR count). The number of aromatic nitrogens is 2. The Morgan fingerprint density at radius 1 is 0.464 bits per heavy atom. The number of hydrogen-bond donors (Lipinski definition) is 6. The molecule has 0 aliphatic heterocycles. The van der Waals surface area contributed by atoms with E-state index in [-0.39, 0.29) is 44.3 Å². The highest BCUT2D eigenvalue weighted by atomic mass is 32.2. The largest absolute Gasteiger partial charge is 0.504 e. The van der Waals surface area contributed by atoms with Crippen LogP contribution < -0.4 is 0 Å². The zero-order valence-electron chi connectivity index (χ0n) is 27.5. The molecule has 0 fully saturated rings. The number of aromatic hydroxyl groups is 2. The van der Waals surface area contributed by atoms with Crippen molar-refractivity contribution in [2.75, 3.05) is 0 Å². The average molecular weight is 843 g/mol. The molecule has 0 unspecified atom stereocenters. The van der Waals surface area contributed by atoms with Gasteiger partial charge in [0.2, 0.25) is 0 Å². The van der Waals surface area contributed by atoms with E-state index in [1.54, 1.807) is 0 Å². The van der Waals surface area contributed by atoms with Crippen molar-refractivity contribution in [3.05, 3.63) is 96.3 Å². The topological polar surface area (TPSA) is 333 Å². The molecule has 2 heterocycles. The Hall–Kier alpha value is -6.12. The Balaban J connectivity index is 1.35. The first-order valence-electron chi connectivity index (χ1n) is 15.0. The summed E-state index contributed by atoms with van der Waals surface area (Å²) in [4.78, 5) is 4.97. The summed E-state index contributed by atoms with van der Waals surface area (Å²) in [6.07, 6.45) is 4.60. The number of phenolic OH excluding ortho intramolecular Hbond substituents is 2. The zero-order valence-corrected chi connectivity index (χ0v) is 30.8. The first-order valence-corrected chi connectivity index (χ1v) is 20.8. The molecule has 6 N–H and O–H groups in total. The summed E-state index contributed by atoms with van der Waals surface area (Å²) < 4.78 is 137. The third-order valence-corrected chi connectivity index (χ3v) is 11.3. The van der Waals surface area contributed by atoms with Crippen LogP contribution in [0.25, 0.3) is 34.0 Å². The van der Waals surface area contributed by atoms with Gasteiger partial charge < -0.3 is 10.2 Å². The van der Waals surface area contributed by atoms with Crippen molar-refractivity contribution in [3.8, 4) is 11.5 Å². The second-order valence-corrected chi connectivity index (χ2v) is 16.9. The summed E-state index contributed by atoms with van der Waals surface area (Å²) in [6, 6.07) is 13.2. The van der Waals surface area contributed by atoms with Crippen LogP contribution in [0.4, 0.5) is 22.7 Å². The van der Waals surface area contributed by atoms with E-state index in [2.05, 4.69) is 30.4 Å². The molecule has 0 atom stereocenters. The molecule has 24 heteroatoms. The van der Waals surface area contributed by atoms with Crippen LogP contribution in [0.1, 0.15) is 11.1 Å². The van der Waals surface area contributed by atoms with Gasteiger partial charge in [-0.3, -0.25) is 28.2 Å². The molecule has 0 aliphatic carbocycles. The van der Waals surface area contributed by atoms with E-state index in [1.165, 1.54) is 48.8 Å². The first-order chi connectivity index (χ1) is 26.1. The van der Waals surface area contributed by atoms with Gasteiger partial charge in [0, 0.05) is 23.2 Å². The van der Waals surface area contributed by atoms with Crippen molar-refractivity contribution >= 4 is 97.2 Å². The average Bonchev–Trinajstić information content (AvgIpc) is 3.12. The summed E-state index contributed by atoms with van der Waals surface area (Å²) in [5.74, 6) is -1.24. The van der Waals surface area contributed by atoms with Crippen LogP contribution in [-0.4, -0.2) is 72.1 Å². The number of azo groups is 2. The van der Waals surface area contributed by atoms with E-state index < -0.39 is 82.9 Å². The van der Waals surface area contributed by atoms with Crippen molar-refractivity contribution < 1.29 is 62.1 Å².